The molecule has 4 rings (SSSR count). The van der Waals surface area contributed by atoms with Crippen LogP contribution in [0.5, 0.6) is 17.2 Å². The first-order chi connectivity index (χ1) is 14.7. The maximum atomic E-state index is 5.90. The van der Waals surface area contributed by atoms with Crippen LogP contribution in [-0.2, 0) is 6.54 Å². The number of benzene rings is 1. The average Bonchev–Trinajstić information content (AvgIpc) is 3.29. The van der Waals surface area contributed by atoms with E-state index in [9.17, 15) is 0 Å². The van der Waals surface area contributed by atoms with Crippen molar-refractivity contribution in [3.63, 3.8) is 0 Å². The Balaban J connectivity index is 1.48. The minimum Gasteiger partial charge on any atom is -0.493 e. The van der Waals surface area contributed by atoms with Gasteiger partial charge in [-0.1, -0.05) is 0 Å². The number of hydrogen-bond donors (Lipinski definition) is 0. The number of piperidine rings is 1. The summed E-state index contributed by atoms with van der Waals surface area (Å²) in [6.07, 6.45) is 6.91. The molecule has 0 spiro atoms. The highest BCUT2D eigenvalue weighted by Crippen LogP contribution is 2.39. The molecule has 158 valence electrons. The van der Waals surface area contributed by atoms with Crippen molar-refractivity contribution < 1.29 is 18.6 Å². The first-order valence-electron chi connectivity index (χ1n) is 9.82. The van der Waals surface area contributed by atoms with E-state index < -0.39 is 0 Å². The number of nitrogens with zero attached hydrogens (tertiary/aromatic N) is 5. The van der Waals surface area contributed by atoms with Crippen LogP contribution in [0.15, 0.2) is 35.1 Å². The van der Waals surface area contributed by atoms with Gasteiger partial charge in [0.15, 0.2) is 11.5 Å². The van der Waals surface area contributed by atoms with Crippen molar-refractivity contribution >= 4 is 0 Å². The van der Waals surface area contributed by atoms with Gasteiger partial charge in [0.05, 0.1) is 33.4 Å². The van der Waals surface area contributed by atoms with Crippen LogP contribution in [0.2, 0.25) is 0 Å². The molecule has 9 heteroatoms. The summed E-state index contributed by atoms with van der Waals surface area (Å²) in [5.41, 5.74) is 1.68. The van der Waals surface area contributed by atoms with Crippen molar-refractivity contribution in [3.8, 4) is 28.8 Å². The third-order valence-electron chi connectivity index (χ3n) is 5.21. The smallest absolute Gasteiger partial charge is 0.267 e. The minimum atomic E-state index is 0.179. The van der Waals surface area contributed by atoms with E-state index in [1.54, 1.807) is 39.9 Å². The predicted octanol–water partition coefficient (Wildman–Crippen LogP) is 2.93. The van der Waals surface area contributed by atoms with Crippen LogP contribution in [0, 0.1) is 0 Å². The van der Waals surface area contributed by atoms with Gasteiger partial charge in [-0.2, -0.15) is 0 Å². The third kappa shape index (κ3) is 4.20. The highest BCUT2D eigenvalue weighted by Gasteiger charge is 2.27. The zero-order valence-corrected chi connectivity index (χ0v) is 17.4. The molecule has 0 radical (unpaired) electrons. The zero-order valence-electron chi connectivity index (χ0n) is 17.4. The Morgan fingerprint density at radius 1 is 1.07 bits per heavy atom. The summed E-state index contributed by atoms with van der Waals surface area (Å²) in [6, 6.07) is 3.98. The number of ether oxygens (including phenoxy) is 3. The second-order valence-corrected chi connectivity index (χ2v) is 7.14. The molecule has 1 aliphatic heterocycles. The first-order valence-corrected chi connectivity index (χ1v) is 9.82. The van der Waals surface area contributed by atoms with Gasteiger partial charge in [-0.15, -0.1) is 10.2 Å². The molecule has 0 amide bonds. The summed E-state index contributed by atoms with van der Waals surface area (Å²) in [6.45, 7) is 2.59. The topological polar surface area (TPSA) is 95.6 Å². The number of hydrogen-bond acceptors (Lipinski definition) is 9. The third-order valence-corrected chi connectivity index (χ3v) is 5.21. The maximum absolute atomic E-state index is 5.90. The van der Waals surface area contributed by atoms with E-state index in [0.717, 1.165) is 38.0 Å². The van der Waals surface area contributed by atoms with E-state index in [0.29, 0.717) is 34.7 Å². The van der Waals surface area contributed by atoms with Gasteiger partial charge >= 0.3 is 0 Å². The van der Waals surface area contributed by atoms with Crippen LogP contribution >= 0.6 is 0 Å². The lowest BCUT2D eigenvalue weighted by molar-refractivity contribution is 0.186. The molecule has 0 bridgehead atoms. The molecule has 9 nitrogen and oxygen atoms in total. The molecule has 1 aliphatic rings. The van der Waals surface area contributed by atoms with Crippen molar-refractivity contribution in [2.24, 2.45) is 0 Å². The summed E-state index contributed by atoms with van der Waals surface area (Å²) in [5.74, 6) is 3.14. The largest absolute Gasteiger partial charge is 0.493 e. The summed E-state index contributed by atoms with van der Waals surface area (Å²) in [5, 5.41) is 8.42. The second-order valence-electron chi connectivity index (χ2n) is 7.14. The Labute approximate surface area is 175 Å². The second kappa shape index (κ2) is 9.08. The molecule has 1 aromatic carbocycles. The fourth-order valence-corrected chi connectivity index (χ4v) is 3.80. The Kier molecular flexibility index (Phi) is 6.08. The van der Waals surface area contributed by atoms with Crippen molar-refractivity contribution in [1.29, 1.82) is 0 Å². The first kappa shape index (κ1) is 20.1. The minimum absolute atomic E-state index is 0.179. The van der Waals surface area contributed by atoms with E-state index in [1.807, 2.05) is 12.1 Å². The Hall–Kier alpha value is -3.20. The van der Waals surface area contributed by atoms with Gasteiger partial charge in [0.2, 0.25) is 11.6 Å². The van der Waals surface area contributed by atoms with Crippen LogP contribution in [0.4, 0.5) is 0 Å². The van der Waals surface area contributed by atoms with Crippen molar-refractivity contribution in [2.45, 2.75) is 25.3 Å². The van der Waals surface area contributed by atoms with Gasteiger partial charge < -0.3 is 18.6 Å². The number of methoxy groups -OCH3 is 3. The fourth-order valence-electron chi connectivity index (χ4n) is 3.80. The molecule has 1 atom stereocenters. The predicted molar refractivity (Wildman–Crippen MR) is 109 cm³/mol. The monoisotopic (exact) mass is 411 g/mol. The summed E-state index contributed by atoms with van der Waals surface area (Å²) in [4.78, 5) is 10.7. The average molecular weight is 411 g/mol. The Bertz CT molecular complexity index is 954. The molecule has 30 heavy (non-hydrogen) atoms. The van der Waals surface area contributed by atoms with E-state index in [4.69, 9.17) is 18.6 Å². The molecule has 0 N–H and O–H groups in total. The van der Waals surface area contributed by atoms with Crippen LogP contribution in [-0.4, -0.2) is 59.5 Å². The molecule has 0 unspecified atom stereocenters. The number of aromatic nitrogens is 4. The number of likely N-dealkylation sites (tertiary alicyclic amines) is 1. The SMILES string of the molecule is COc1cc(CN2CCC[C@@H](c3nnc(-c4cnccn4)o3)C2)cc(OC)c1OC. The van der Waals surface area contributed by atoms with Gasteiger partial charge in [0.25, 0.3) is 5.89 Å². The molecular weight excluding hydrogens is 386 g/mol. The Morgan fingerprint density at radius 3 is 2.53 bits per heavy atom. The molecule has 3 aromatic rings. The number of rotatable bonds is 7. The van der Waals surface area contributed by atoms with Gasteiger partial charge in [-0.3, -0.25) is 9.88 Å². The molecule has 1 saturated heterocycles. The molecule has 0 saturated carbocycles. The van der Waals surface area contributed by atoms with E-state index in [2.05, 4.69) is 25.1 Å². The van der Waals surface area contributed by atoms with Crippen LogP contribution in [0.1, 0.15) is 30.2 Å². The van der Waals surface area contributed by atoms with Gasteiger partial charge in [0.1, 0.15) is 5.69 Å². The Morgan fingerprint density at radius 2 is 1.87 bits per heavy atom. The molecular formula is C21H25N5O4. The summed E-state index contributed by atoms with van der Waals surface area (Å²) >= 11 is 0. The van der Waals surface area contributed by atoms with E-state index in [1.165, 1.54) is 0 Å². The quantitative estimate of drug-likeness (QED) is 0.581. The van der Waals surface area contributed by atoms with Crippen LogP contribution in [0.25, 0.3) is 11.6 Å². The van der Waals surface area contributed by atoms with Crippen LogP contribution in [0.3, 0.4) is 0 Å². The lowest BCUT2D eigenvalue weighted by atomic mass is 9.97. The summed E-state index contributed by atoms with van der Waals surface area (Å²) in [7, 11) is 4.86. The van der Waals surface area contributed by atoms with Crippen molar-refractivity contribution in [3.05, 3.63) is 42.2 Å². The fraction of sp³-hybridized carbons (Fsp3) is 0.429. The lowest BCUT2D eigenvalue weighted by Gasteiger charge is -2.31. The van der Waals surface area contributed by atoms with Gasteiger partial charge in [-0.05, 0) is 37.1 Å². The highest BCUT2D eigenvalue weighted by molar-refractivity contribution is 5.53. The lowest BCUT2D eigenvalue weighted by Crippen LogP contribution is -2.34. The van der Waals surface area contributed by atoms with E-state index >= 15 is 0 Å². The van der Waals surface area contributed by atoms with Crippen molar-refractivity contribution in [1.82, 2.24) is 25.1 Å². The normalized spacial score (nSPS) is 17.0. The molecule has 1 fully saturated rings. The van der Waals surface area contributed by atoms with Gasteiger partial charge in [-0.25, -0.2) is 4.98 Å². The maximum Gasteiger partial charge on any atom is 0.267 e. The standard InChI is InChI=1S/C21H25N5O4/c1-27-17-9-14(10-18(28-2)19(17)29-3)12-26-8-4-5-15(13-26)20-24-25-21(30-20)16-11-22-6-7-23-16/h6-7,9-11,15H,4-5,8,12-13H2,1-3H3/t15-/m1/s1. The van der Waals surface area contributed by atoms with E-state index in [-0.39, 0.29) is 5.92 Å². The molecule has 2 aromatic heterocycles. The molecule has 0 aliphatic carbocycles. The van der Waals surface area contributed by atoms with Crippen LogP contribution < -0.4 is 14.2 Å². The highest BCUT2D eigenvalue weighted by atomic mass is 16.5. The zero-order chi connectivity index (χ0) is 20.9. The summed E-state index contributed by atoms with van der Waals surface area (Å²) < 4.78 is 22.3. The van der Waals surface area contributed by atoms with Crippen molar-refractivity contribution in [2.75, 3.05) is 34.4 Å². The molecule has 3 heterocycles. The van der Waals surface area contributed by atoms with Gasteiger partial charge in [0, 0.05) is 25.5 Å².